The van der Waals surface area contributed by atoms with E-state index in [1.54, 1.807) is 48.5 Å². The predicted octanol–water partition coefficient (Wildman–Crippen LogP) is 3.65. The topological polar surface area (TPSA) is 141 Å². The van der Waals surface area contributed by atoms with Crippen LogP contribution in [0.25, 0.3) is 5.69 Å². The zero-order valence-electron chi connectivity index (χ0n) is 17.9. The van der Waals surface area contributed by atoms with E-state index in [1.165, 1.54) is 0 Å². The SMILES string of the molecule is C[C@H](NC(=O)O)[C@@H](Nc1nc(Nc2cncc(-n3cccn3)c2)c(C#N)cc1F)C1CCC1. The lowest BCUT2D eigenvalue weighted by Crippen LogP contribution is -2.50. The van der Waals surface area contributed by atoms with Crippen LogP contribution in [0, 0.1) is 23.1 Å². The Morgan fingerprint density at radius 2 is 2.15 bits per heavy atom. The number of anilines is 3. The Morgan fingerprint density at radius 3 is 2.79 bits per heavy atom. The first-order valence-corrected chi connectivity index (χ1v) is 10.5. The van der Waals surface area contributed by atoms with E-state index >= 15 is 0 Å². The average Bonchev–Trinajstić information content (AvgIpc) is 3.28. The van der Waals surface area contributed by atoms with Crippen LogP contribution in [0.5, 0.6) is 0 Å². The Hall–Kier alpha value is -4.20. The van der Waals surface area contributed by atoms with E-state index in [4.69, 9.17) is 5.11 Å². The predicted molar refractivity (Wildman–Crippen MR) is 119 cm³/mol. The summed E-state index contributed by atoms with van der Waals surface area (Å²) in [5.74, 6) is -0.391. The van der Waals surface area contributed by atoms with E-state index in [1.807, 2.05) is 6.07 Å². The summed E-state index contributed by atoms with van der Waals surface area (Å²) in [6.07, 6.45) is 8.33. The second-order valence-electron chi connectivity index (χ2n) is 7.93. The van der Waals surface area contributed by atoms with Gasteiger partial charge in [-0.25, -0.2) is 18.9 Å². The molecule has 0 unspecified atom stereocenters. The van der Waals surface area contributed by atoms with Gasteiger partial charge in [-0.15, -0.1) is 0 Å². The number of carbonyl (C=O) groups is 1. The Kier molecular flexibility index (Phi) is 6.35. The van der Waals surface area contributed by atoms with E-state index in [-0.39, 0.29) is 29.2 Å². The Morgan fingerprint density at radius 1 is 1.33 bits per heavy atom. The molecule has 0 bridgehead atoms. The average molecular weight is 450 g/mol. The molecule has 10 nitrogen and oxygen atoms in total. The largest absolute Gasteiger partial charge is 0.465 e. The Bertz CT molecular complexity index is 1170. The molecule has 1 amide bonds. The first-order valence-electron chi connectivity index (χ1n) is 10.5. The molecule has 1 saturated carbocycles. The number of amides is 1. The zero-order valence-corrected chi connectivity index (χ0v) is 17.9. The van der Waals surface area contributed by atoms with E-state index in [0.717, 1.165) is 25.3 Å². The van der Waals surface area contributed by atoms with Crippen molar-refractivity contribution in [3.63, 3.8) is 0 Å². The quantitative estimate of drug-likeness (QED) is 0.408. The van der Waals surface area contributed by atoms with Crippen LogP contribution in [0.4, 0.5) is 26.5 Å². The molecule has 0 saturated heterocycles. The van der Waals surface area contributed by atoms with Crippen molar-refractivity contribution in [2.24, 2.45) is 5.92 Å². The first kappa shape index (κ1) is 22.0. The normalized spacial score (nSPS) is 15.1. The fourth-order valence-corrected chi connectivity index (χ4v) is 3.84. The van der Waals surface area contributed by atoms with Crippen molar-refractivity contribution >= 4 is 23.4 Å². The van der Waals surface area contributed by atoms with Crippen molar-refractivity contribution in [3.8, 4) is 11.8 Å². The molecule has 0 aromatic carbocycles. The Labute approximate surface area is 189 Å². The van der Waals surface area contributed by atoms with Crippen LogP contribution in [-0.2, 0) is 0 Å². The molecular formula is C22H23FN8O2. The highest BCUT2D eigenvalue weighted by molar-refractivity contribution is 5.67. The number of aromatic nitrogens is 4. The summed E-state index contributed by atoms with van der Waals surface area (Å²) in [4.78, 5) is 19.6. The molecule has 1 aliphatic rings. The van der Waals surface area contributed by atoms with Crippen molar-refractivity contribution in [1.82, 2.24) is 25.1 Å². The van der Waals surface area contributed by atoms with Gasteiger partial charge in [0.2, 0.25) is 0 Å². The van der Waals surface area contributed by atoms with Crippen LogP contribution in [-0.4, -0.2) is 43.0 Å². The highest BCUT2D eigenvalue weighted by Gasteiger charge is 2.33. The molecule has 1 fully saturated rings. The molecule has 3 heterocycles. The third-order valence-electron chi connectivity index (χ3n) is 5.70. The van der Waals surface area contributed by atoms with Crippen molar-refractivity contribution in [3.05, 3.63) is 54.4 Å². The molecule has 4 N–H and O–H groups in total. The van der Waals surface area contributed by atoms with Crippen molar-refractivity contribution in [1.29, 1.82) is 5.26 Å². The minimum atomic E-state index is -1.14. The van der Waals surface area contributed by atoms with Gasteiger partial charge in [0.15, 0.2) is 17.5 Å². The maximum absolute atomic E-state index is 14.8. The maximum atomic E-state index is 14.8. The van der Waals surface area contributed by atoms with E-state index in [2.05, 4.69) is 31.0 Å². The standard InChI is InChI=1S/C22H23FN8O2/c1-13(27-22(32)33)19(14-4-2-5-14)29-21-18(23)8-15(10-24)20(30-21)28-16-9-17(12-25-11-16)31-7-3-6-26-31/h3,6-9,11-14,19,27H,2,4-5H2,1H3,(H,32,33)(H2,28,29,30)/t13-,19+/m0/s1. The molecule has 3 aromatic heterocycles. The van der Waals surface area contributed by atoms with Crippen LogP contribution in [0.2, 0.25) is 0 Å². The lowest BCUT2D eigenvalue weighted by molar-refractivity contribution is 0.180. The molecule has 170 valence electrons. The first-order chi connectivity index (χ1) is 15.9. The smallest absolute Gasteiger partial charge is 0.404 e. The van der Waals surface area contributed by atoms with Gasteiger partial charge in [0.05, 0.1) is 35.4 Å². The number of hydrogen-bond donors (Lipinski definition) is 4. The number of nitrogens with zero attached hydrogens (tertiary/aromatic N) is 5. The van der Waals surface area contributed by atoms with Crippen molar-refractivity contribution < 1.29 is 14.3 Å². The van der Waals surface area contributed by atoms with Gasteiger partial charge in [0, 0.05) is 18.4 Å². The van der Waals surface area contributed by atoms with Crippen LogP contribution in [0.15, 0.2) is 43.0 Å². The van der Waals surface area contributed by atoms with Crippen LogP contribution in [0.1, 0.15) is 31.7 Å². The maximum Gasteiger partial charge on any atom is 0.404 e. The summed E-state index contributed by atoms with van der Waals surface area (Å²) >= 11 is 0. The van der Waals surface area contributed by atoms with Gasteiger partial charge < -0.3 is 21.1 Å². The highest BCUT2D eigenvalue weighted by atomic mass is 19.1. The van der Waals surface area contributed by atoms with Gasteiger partial charge in [0.1, 0.15) is 6.07 Å². The fraction of sp³-hybridized carbons (Fsp3) is 0.318. The van der Waals surface area contributed by atoms with E-state index in [9.17, 15) is 14.4 Å². The van der Waals surface area contributed by atoms with Gasteiger partial charge >= 0.3 is 6.09 Å². The molecule has 33 heavy (non-hydrogen) atoms. The number of halogens is 1. The monoisotopic (exact) mass is 450 g/mol. The lowest BCUT2D eigenvalue weighted by atomic mass is 9.77. The van der Waals surface area contributed by atoms with Crippen molar-refractivity contribution in [2.45, 2.75) is 38.3 Å². The number of pyridine rings is 2. The highest BCUT2D eigenvalue weighted by Crippen LogP contribution is 2.33. The van der Waals surface area contributed by atoms with E-state index in [0.29, 0.717) is 11.4 Å². The number of nitrogens with one attached hydrogen (secondary N) is 3. The fourth-order valence-electron chi connectivity index (χ4n) is 3.84. The summed E-state index contributed by atoms with van der Waals surface area (Å²) < 4.78 is 16.4. The molecule has 11 heteroatoms. The third kappa shape index (κ3) is 5.01. The summed E-state index contributed by atoms with van der Waals surface area (Å²) in [5.41, 5.74) is 1.27. The van der Waals surface area contributed by atoms with Gasteiger partial charge in [-0.1, -0.05) is 6.42 Å². The number of nitriles is 1. The minimum absolute atomic E-state index is 0.0273. The summed E-state index contributed by atoms with van der Waals surface area (Å²) in [6.45, 7) is 1.73. The van der Waals surface area contributed by atoms with Gasteiger partial charge in [0.25, 0.3) is 0 Å². The molecule has 3 aromatic rings. The molecule has 0 spiro atoms. The number of hydrogen-bond acceptors (Lipinski definition) is 7. The number of carboxylic acid groups (broad SMARTS) is 1. The van der Waals surface area contributed by atoms with Gasteiger partial charge in [-0.2, -0.15) is 10.4 Å². The second-order valence-corrected chi connectivity index (χ2v) is 7.93. The minimum Gasteiger partial charge on any atom is -0.465 e. The molecule has 0 radical (unpaired) electrons. The molecule has 0 aliphatic heterocycles. The van der Waals surface area contributed by atoms with Gasteiger partial charge in [-0.3, -0.25) is 4.98 Å². The zero-order chi connectivity index (χ0) is 23.4. The molecule has 2 atom stereocenters. The summed E-state index contributed by atoms with van der Waals surface area (Å²) in [6, 6.07) is 5.81. The lowest BCUT2D eigenvalue weighted by Gasteiger charge is -2.38. The summed E-state index contributed by atoms with van der Waals surface area (Å²) in [7, 11) is 0. The van der Waals surface area contributed by atoms with Crippen LogP contribution >= 0.6 is 0 Å². The second kappa shape index (κ2) is 9.52. The molecular weight excluding hydrogens is 427 g/mol. The van der Waals surface area contributed by atoms with Gasteiger partial charge in [-0.05, 0) is 43.9 Å². The number of rotatable bonds is 8. The third-order valence-corrected chi connectivity index (χ3v) is 5.70. The molecule has 1 aliphatic carbocycles. The van der Waals surface area contributed by atoms with Crippen LogP contribution in [0.3, 0.4) is 0 Å². The van der Waals surface area contributed by atoms with E-state index < -0.39 is 18.0 Å². The van der Waals surface area contributed by atoms with Crippen LogP contribution < -0.4 is 16.0 Å². The van der Waals surface area contributed by atoms with Crippen molar-refractivity contribution in [2.75, 3.05) is 10.6 Å². The Balaban J connectivity index is 1.61. The molecule has 4 rings (SSSR count). The summed E-state index contributed by atoms with van der Waals surface area (Å²) in [5, 5.41) is 31.3.